The number of hydrogen-bond donors (Lipinski definition) is 0. The molecule has 0 fully saturated rings. The Morgan fingerprint density at radius 2 is 0.567 bits per heavy atom. The molecule has 0 atom stereocenters. The molecule has 0 amide bonds. The van der Waals surface area contributed by atoms with Crippen LogP contribution in [0.25, 0.3) is 150 Å². The van der Waals surface area contributed by atoms with E-state index in [0.717, 1.165) is 44.8 Å². The molecule has 0 spiro atoms. The minimum Gasteiger partial charge on any atom is -0.309 e. The van der Waals surface area contributed by atoms with E-state index in [1.807, 2.05) is 0 Å². The Morgan fingerprint density at radius 1 is 0.244 bits per heavy atom. The highest BCUT2D eigenvalue weighted by atomic mass is 15.0. The van der Waals surface area contributed by atoms with Gasteiger partial charge in [0, 0.05) is 82.3 Å². The molecule has 0 aliphatic heterocycles. The first kappa shape index (κ1) is 51.1. The minimum absolute atomic E-state index is 0.210. The molecule has 3 aliphatic rings. The van der Waals surface area contributed by atoms with Gasteiger partial charge in [0.15, 0.2) is 17.5 Å². The number of rotatable bonds is 6. The van der Waals surface area contributed by atoms with Crippen LogP contribution >= 0.6 is 0 Å². The Morgan fingerprint density at radius 3 is 0.944 bits per heavy atom. The molecule has 19 rings (SSSR count). The maximum absolute atomic E-state index is 5.56. The van der Waals surface area contributed by atoms with Gasteiger partial charge in [-0.1, -0.05) is 230 Å². The lowest BCUT2D eigenvalue weighted by molar-refractivity contribution is 0.663. The van der Waals surface area contributed by atoms with E-state index in [2.05, 4.69) is 310 Å². The molecule has 0 bridgehead atoms. The average molecular weight is 1150 g/mol. The summed E-state index contributed by atoms with van der Waals surface area (Å²) in [6.07, 6.45) is 0. The maximum Gasteiger partial charge on any atom is 0.164 e. The van der Waals surface area contributed by atoms with Crippen LogP contribution in [0.1, 0.15) is 74.9 Å². The highest BCUT2D eigenvalue weighted by Crippen LogP contribution is 2.56. The van der Waals surface area contributed by atoms with Crippen molar-refractivity contribution in [1.29, 1.82) is 0 Å². The molecule has 12 aromatic carbocycles. The Labute approximate surface area is 521 Å². The average Bonchev–Trinajstić information content (AvgIpc) is 1.56. The lowest BCUT2D eigenvalue weighted by Gasteiger charge is -2.24. The molecule has 3 aliphatic carbocycles. The van der Waals surface area contributed by atoms with Crippen LogP contribution in [0.4, 0.5) is 0 Å². The summed E-state index contributed by atoms with van der Waals surface area (Å²) in [5.74, 6) is 1.79. The van der Waals surface area contributed by atoms with Gasteiger partial charge in [0.2, 0.25) is 0 Å². The third kappa shape index (κ3) is 6.80. The van der Waals surface area contributed by atoms with Crippen molar-refractivity contribution in [1.82, 2.24) is 28.7 Å². The van der Waals surface area contributed by atoms with Gasteiger partial charge in [0.05, 0.1) is 33.1 Å². The van der Waals surface area contributed by atoms with Crippen molar-refractivity contribution in [2.45, 2.75) is 57.8 Å². The van der Waals surface area contributed by atoms with Gasteiger partial charge in [-0.3, -0.25) is 0 Å². The summed E-state index contributed by atoms with van der Waals surface area (Å²) < 4.78 is 7.45. The van der Waals surface area contributed by atoms with Crippen LogP contribution in [-0.2, 0) is 16.2 Å². The molecular weight excluding hydrogens is 1090 g/mol. The number of para-hydroxylation sites is 3. The van der Waals surface area contributed by atoms with Crippen LogP contribution in [0.2, 0.25) is 0 Å². The van der Waals surface area contributed by atoms with Gasteiger partial charge >= 0.3 is 0 Å². The summed E-state index contributed by atoms with van der Waals surface area (Å²) in [6, 6.07) is 93.9. The summed E-state index contributed by atoms with van der Waals surface area (Å²) >= 11 is 0. The molecule has 0 saturated heterocycles. The lowest BCUT2D eigenvalue weighted by Crippen LogP contribution is -2.16. The van der Waals surface area contributed by atoms with Crippen molar-refractivity contribution in [3.8, 4) is 84.6 Å². The van der Waals surface area contributed by atoms with E-state index < -0.39 is 0 Å². The zero-order valence-corrected chi connectivity index (χ0v) is 50.9. The van der Waals surface area contributed by atoms with E-state index in [-0.39, 0.29) is 16.2 Å². The van der Waals surface area contributed by atoms with E-state index in [1.54, 1.807) is 0 Å². The van der Waals surface area contributed by atoms with Gasteiger partial charge in [0.25, 0.3) is 0 Å². The van der Waals surface area contributed by atoms with Gasteiger partial charge in [-0.25, -0.2) is 15.0 Å². The lowest BCUT2D eigenvalue weighted by atomic mass is 9.81. The summed E-state index contributed by atoms with van der Waals surface area (Å²) in [4.78, 5) is 16.6. The Bertz CT molecular complexity index is 5580. The predicted octanol–water partition coefficient (Wildman–Crippen LogP) is 21.1. The largest absolute Gasteiger partial charge is 0.309 e. The molecule has 4 aromatic heterocycles. The molecule has 16 aromatic rings. The highest BCUT2D eigenvalue weighted by Gasteiger charge is 2.41. The fourth-order valence-corrected chi connectivity index (χ4v) is 16.8. The van der Waals surface area contributed by atoms with Crippen LogP contribution < -0.4 is 0 Å². The Hall–Kier alpha value is -11.0. The normalized spacial score (nSPS) is 14.6. The van der Waals surface area contributed by atoms with Gasteiger partial charge in [-0.2, -0.15) is 0 Å². The van der Waals surface area contributed by atoms with Crippen molar-refractivity contribution >= 4 is 65.4 Å². The zero-order valence-electron chi connectivity index (χ0n) is 50.9. The SMILES string of the molecule is CC1(C)c2ccccc2-c2ccc3c4ccccc4n(-c4ccc(-c5nc(-c6cccc(-n7c8ccccc8c8ccc9c(c87)C(C)(C)c7ccccc7-9)c6)nc(-c6cccc(-n7c8ccccc8c8ccc9c(c87)C(C)(C)c7ccccc7-9)c6)n5)cc4)c3c21. The van der Waals surface area contributed by atoms with Crippen LogP contribution in [0.3, 0.4) is 0 Å². The molecule has 0 radical (unpaired) electrons. The molecule has 90 heavy (non-hydrogen) atoms. The van der Waals surface area contributed by atoms with Crippen molar-refractivity contribution in [2.75, 3.05) is 0 Å². The zero-order chi connectivity index (χ0) is 60.1. The number of benzene rings is 12. The fraction of sp³-hybridized carbons (Fsp3) is 0.107. The first-order valence-corrected chi connectivity index (χ1v) is 31.5. The third-order valence-electron chi connectivity index (χ3n) is 20.8. The van der Waals surface area contributed by atoms with Gasteiger partial charge in [-0.05, 0) is 133 Å². The van der Waals surface area contributed by atoms with Crippen molar-refractivity contribution in [2.24, 2.45) is 0 Å². The summed E-state index contributed by atoms with van der Waals surface area (Å²) in [7, 11) is 0. The van der Waals surface area contributed by atoms with Gasteiger partial charge in [0.1, 0.15) is 0 Å². The quantitative estimate of drug-likeness (QED) is 0.167. The third-order valence-corrected chi connectivity index (χ3v) is 20.8. The van der Waals surface area contributed by atoms with E-state index in [1.165, 1.54) is 121 Å². The molecule has 6 heteroatoms. The monoisotopic (exact) mass is 1150 g/mol. The standard InChI is InChI=1S/C84H60N6/c1-82(2)67-31-13-7-25-55(67)61-41-44-64-58-28-10-16-34-70(58)88(76(64)73(61)82)52-39-37-49(38-40-52)79-85-80(50-21-19-23-53(47-50)89-71-35-17-11-29-59(71)65-45-42-62-56-26-8-14-32-68(56)83(3,4)74(62)77(65)89)87-81(86-79)51-22-20-24-54(48-51)90-72-36-18-12-30-60(72)66-46-43-63-57-27-9-15-33-69(57)84(5,6)75(63)78(66)90/h7-48H,1-6H3. The second-order valence-electron chi connectivity index (χ2n) is 26.7. The van der Waals surface area contributed by atoms with Crippen LogP contribution in [0.15, 0.2) is 255 Å². The van der Waals surface area contributed by atoms with Crippen LogP contribution in [0.5, 0.6) is 0 Å². The van der Waals surface area contributed by atoms with Crippen molar-refractivity contribution in [3.05, 3.63) is 288 Å². The first-order chi connectivity index (χ1) is 43.9. The Kier molecular flexibility index (Phi) is 10.3. The van der Waals surface area contributed by atoms with Gasteiger partial charge in [-0.15, -0.1) is 0 Å². The van der Waals surface area contributed by atoms with Crippen LogP contribution in [0, 0.1) is 0 Å². The maximum atomic E-state index is 5.56. The molecule has 0 N–H and O–H groups in total. The predicted molar refractivity (Wildman–Crippen MR) is 372 cm³/mol. The second-order valence-corrected chi connectivity index (χ2v) is 26.7. The summed E-state index contributed by atoms with van der Waals surface area (Å²) in [5, 5.41) is 7.42. The number of hydrogen-bond acceptors (Lipinski definition) is 3. The van der Waals surface area contributed by atoms with Crippen molar-refractivity contribution < 1.29 is 0 Å². The fourth-order valence-electron chi connectivity index (χ4n) is 16.8. The van der Waals surface area contributed by atoms with Crippen molar-refractivity contribution in [3.63, 3.8) is 0 Å². The second kappa shape index (κ2) is 18.1. The van der Waals surface area contributed by atoms with E-state index in [4.69, 9.17) is 15.0 Å². The summed E-state index contributed by atoms with van der Waals surface area (Å²) in [6.45, 7) is 14.3. The Balaban J connectivity index is 0.812. The molecule has 0 saturated carbocycles. The molecular formula is C84H60N6. The van der Waals surface area contributed by atoms with E-state index in [0.29, 0.717) is 17.5 Å². The highest BCUT2D eigenvalue weighted by molar-refractivity contribution is 6.16. The molecule has 4 heterocycles. The molecule has 426 valence electrons. The molecule has 0 unspecified atom stereocenters. The number of aromatic nitrogens is 6. The molecule has 6 nitrogen and oxygen atoms in total. The van der Waals surface area contributed by atoms with E-state index in [9.17, 15) is 0 Å². The number of nitrogens with zero attached hydrogens (tertiary/aromatic N) is 6. The smallest absolute Gasteiger partial charge is 0.164 e. The number of fused-ring (bicyclic) bond motifs is 21. The minimum atomic E-state index is -0.234. The summed E-state index contributed by atoms with van der Waals surface area (Å²) in [5.41, 5.74) is 28.3. The van der Waals surface area contributed by atoms with Gasteiger partial charge < -0.3 is 13.7 Å². The van der Waals surface area contributed by atoms with E-state index >= 15 is 0 Å². The first-order valence-electron chi connectivity index (χ1n) is 31.5. The van der Waals surface area contributed by atoms with Crippen LogP contribution in [-0.4, -0.2) is 28.7 Å². The topological polar surface area (TPSA) is 53.5 Å².